The Morgan fingerprint density at radius 1 is 0.333 bits per heavy atom. The minimum Gasteiger partial charge on any atom is -0.455 e. The Labute approximate surface area is 294 Å². The number of rotatable bonds is 5. The van der Waals surface area contributed by atoms with Gasteiger partial charge < -0.3 is 4.42 Å². The molecule has 0 radical (unpaired) electrons. The molecule has 0 fully saturated rings. The van der Waals surface area contributed by atoms with Crippen LogP contribution in [-0.2, 0) is 0 Å². The highest BCUT2D eigenvalue weighted by Gasteiger charge is 2.20. The number of hydrogen-bond acceptors (Lipinski definition) is 4. The van der Waals surface area contributed by atoms with Gasteiger partial charge in [0.1, 0.15) is 11.2 Å². The van der Waals surface area contributed by atoms with Gasteiger partial charge in [0, 0.05) is 32.8 Å². The third kappa shape index (κ3) is 5.04. The fourth-order valence-corrected chi connectivity index (χ4v) is 7.23. The van der Waals surface area contributed by atoms with Gasteiger partial charge in [-0.1, -0.05) is 152 Å². The van der Waals surface area contributed by atoms with Gasteiger partial charge in [-0.2, -0.15) is 0 Å². The number of fused-ring (bicyclic) bond motifs is 6. The van der Waals surface area contributed by atoms with Crippen LogP contribution in [0.3, 0.4) is 0 Å². The molecule has 4 nitrogen and oxygen atoms in total. The molecule has 0 atom stereocenters. The van der Waals surface area contributed by atoms with E-state index >= 15 is 0 Å². The molecule has 51 heavy (non-hydrogen) atoms. The monoisotopic (exact) mass is 651 g/mol. The van der Waals surface area contributed by atoms with E-state index in [2.05, 4.69) is 127 Å². The molecule has 8 aromatic carbocycles. The van der Waals surface area contributed by atoms with Gasteiger partial charge in [0.2, 0.25) is 0 Å². The Balaban J connectivity index is 1.19. The normalized spacial score (nSPS) is 11.5. The number of benzene rings is 8. The molecule has 2 aromatic heterocycles. The van der Waals surface area contributed by atoms with Crippen LogP contribution in [0, 0.1) is 0 Å². The molecule has 4 heteroatoms. The summed E-state index contributed by atoms with van der Waals surface area (Å²) in [7, 11) is 0. The van der Waals surface area contributed by atoms with Crippen molar-refractivity contribution in [1.29, 1.82) is 0 Å². The Hall–Kier alpha value is -6.91. The first kappa shape index (κ1) is 29.0. The summed E-state index contributed by atoms with van der Waals surface area (Å²) < 4.78 is 6.67. The van der Waals surface area contributed by atoms with E-state index in [0.717, 1.165) is 71.3 Å². The highest BCUT2D eigenvalue weighted by Crippen LogP contribution is 2.43. The van der Waals surface area contributed by atoms with Crippen molar-refractivity contribution in [3.63, 3.8) is 0 Å². The third-order valence-electron chi connectivity index (χ3n) is 9.70. The van der Waals surface area contributed by atoms with Crippen molar-refractivity contribution in [3.8, 4) is 56.4 Å². The van der Waals surface area contributed by atoms with Crippen molar-refractivity contribution in [1.82, 2.24) is 15.0 Å². The van der Waals surface area contributed by atoms with Gasteiger partial charge in [-0.05, 0) is 62.7 Å². The summed E-state index contributed by atoms with van der Waals surface area (Å²) in [6.45, 7) is 0. The fourth-order valence-electron chi connectivity index (χ4n) is 7.23. The maximum absolute atomic E-state index is 6.67. The van der Waals surface area contributed by atoms with Crippen molar-refractivity contribution in [3.05, 3.63) is 176 Å². The summed E-state index contributed by atoms with van der Waals surface area (Å²) in [5.74, 6) is 1.84. The molecule has 10 aromatic rings. The first-order valence-corrected chi connectivity index (χ1v) is 17.1. The Morgan fingerprint density at radius 3 is 1.63 bits per heavy atom. The van der Waals surface area contributed by atoms with Gasteiger partial charge in [-0.25, -0.2) is 15.0 Å². The minimum absolute atomic E-state index is 0.598. The van der Waals surface area contributed by atoms with Crippen LogP contribution in [0.2, 0.25) is 0 Å². The molecule has 0 saturated heterocycles. The average Bonchev–Trinajstić information content (AvgIpc) is 3.60. The molecule has 0 saturated carbocycles. The van der Waals surface area contributed by atoms with Gasteiger partial charge in [0.15, 0.2) is 17.5 Å². The van der Waals surface area contributed by atoms with E-state index in [1.807, 2.05) is 48.5 Å². The molecule has 0 aliphatic carbocycles. The molecule has 0 amide bonds. The van der Waals surface area contributed by atoms with Crippen molar-refractivity contribution in [2.75, 3.05) is 0 Å². The first-order chi connectivity index (χ1) is 25.3. The lowest BCUT2D eigenvalue weighted by atomic mass is 9.94. The molecule has 0 bridgehead atoms. The topological polar surface area (TPSA) is 51.8 Å². The zero-order chi connectivity index (χ0) is 33.7. The average molecular weight is 652 g/mol. The lowest BCUT2D eigenvalue weighted by Gasteiger charge is -2.11. The summed E-state index contributed by atoms with van der Waals surface area (Å²) in [5, 5.41) is 6.52. The van der Waals surface area contributed by atoms with Crippen LogP contribution in [0.4, 0.5) is 0 Å². The molecular formula is C47H29N3O. The van der Waals surface area contributed by atoms with E-state index in [4.69, 9.17) is 19.4 Å². The van der Waals surface area contributed by atoms with E-state index in [0.29, 0.717) is 17.5 Å². The zero-order valence-electron chi connectivity index (χ0n) is 27.5. The zero-order valence-corrected chi connectivity index (χ0v) is 27.5. The van der Waals surface area contributed by atoms with Crippen molar-refractivity contribution in [2.45, 2.75) is 0 Å². The van der Waals surface area contributed by atoms with E-state index in [1.54, 1.807) is 0 Å². The summed E-state index contributed by atoms with van der Waals surface area (Å²) in [6, 6.07) is 61.0. The van der Waals surface area contributed by atoms with Crippen LogP contribution >= 0.6 is 0 Å². The largest absolute Gasteiger partial charge is 0.455 e. The Morgan fingerprint density at radius 2 is 0.902 bits per heavy atom. The quantitative estimate of drug-likeness (QED) is 0.186. The standard InChI is InChI=1S/C47H29N3O/c1-4-13-30(14-5-1)33-23-24-35-28-36(26-25-34(35)27-33)46-48-45(32-17-8-3-9-18-32)49-47(50-46)39-21-12-22-42-43(39)41-29-40(31-15-6-2-7-16-31)37-19-10-11-20-38(37)44(41)51-42/h1-29H. The van der Waals surface area contributed by atoms with Gasteiger partial charge in [0.05, 0.1) is 0 Å². The van der Waals surface area contributed by atoms with Gasteiger partial charge in [0.25, 0.3) is 0 Å². The predicted octanol–water partition coefficient (Wildman–Crippen LogP) is 12.4. The van der Waals surface area contributed by atoms with Crippen molar-refractivity contribution < 1.29 is 4.42 Å². The van der Waals surface area contributed by atoms with Gasteiger partial charge in [-0.3, -0.25) is 0 Å². The minimum atomic E-state index is 0.598. The van der Waals surface area contributed by atoms with E-state index in [1.165, 1.54) is 11.1 Å². The van der Waals surface area contributed by atoms with E-state index in [9.17, 15) is 0 Å². The molecule has 238 valence electrons. The summed E-state index contributed by atoms with van der Waals surface area (Å²) >= 11 is 0. The molecule has 0 aliphatic rings. The van der Waals surface area contributed by atoms with Gasteiger partial charge >= 0.3 is 0 Å². The van der Waals surface area contributed by atoms with Crippen LogP contribution in [0.1, 0.15) is 0 Å². The number of hydrogen-bond donors (Lipinski definition) is 0. The van der Waals surface area contributed by atoms with Crippen molar-refractivity contribution >= 4 is 43.5 Å². The second kappa shape index (κ2) is 11.9. The number of furan rings is 1. The highest BCUT2D eigenvalue weighted by atomic mass is 16.3. The Kier molecular flexibility index (Phi) is 6.78. The number of nitrogens with zero attached hydrogens (tertiary/aromatic N) is 3. The van der Waals surface area contributed by atoms with Crippen LogP contribution < -0.4 is 0 Å². The maximum atomic E-state index is 6.67. The summed E-state index contributed by atoms with van der Waals surface area (Å²) in [5.41, 5.74) is 9.10. The lowest BCUT2D eigenvalue weighted by molar-refractivity contribution is 0.673. The van der Waals surface area contributed by atoms with E-state index in [-0.39, 0.29) is 0 Å². The van der Waals surface area contributed by atoms with Crippen LogP contribution in [0.25, 0.3) is 99.9 Å². The smallest absolute Gasteiger partial charge is 0.164 e. The first-order valence-electron chi connectivity index (χ1n) is 17.1. The van der Waals surface area contributed by atoms with Crippen LogP contribution in [0.5, 0.6) is 0 Å². The SMILES string of the molecule is c1ccc(-c2ccc3cc(-c4nc(-c5ccccc5)nc(-c5cccc6oc7c8ccccc8c(-c8ccccc8)cc7c56)n4)ccc3c2)cc1. The molecule has 0 spiro atoms. The number of aromatic nitrogens is 3. The molecular weight excluding hydrogens is 623 g/mol. The molecule has 10 rings (SSSR count). The fraction of sp³-hybridized carbons (Fsp3) is 0. The molecule has 2 heterocycles. The second-order valence-electron chi connectivity index (χ2n) is 12.8. The summed E-state index contributed by atoms with van der Waals surface area (Å²) in [6.07, 6.45) is 0. The Bertz CT molecular complexity index is 2900. The lowest BCUT2D eigenvalue weighted by Crippen LogP contribution is -2.00. The predicted molar refractivity (Wildman–Crippen MR) is 209 cm³/mol. The highest BCUT2D eigenvalue weighted by molar-refractivity contribution is 6.21. The van der Waals surface area contributed by atoms with Crippen molar-refractivity contribution in [2.24, 2.45) is 0 Å². The second-order valence-corrected chi connectivity index (χ2v) is 12.8. The maximum Gasteiger partial charge on any atom is 0.164 e. The third-order valence-corrected chi connectivity index (χ3v) is 9.70. The summed E-state index contributed by atoms with van der Waals surface area (Å²) in [4.78, 5) is 15.4. The van der Waals surface area contributed by atoms with Crippen LogP contribution in [0.15, 0.2) is 180 Å². The molecule has 0 N–H and O–H groups in total. The van der Waals surface area contributed by atoms with Crippen LogP contribution in [-0.4, -0.2) is 15.0 Å². The van der Waals surface area contributed by atoms with Gasteiger partial charge in [-0.15, -0.1) is 0 Å². The van der Waals surface area contributed by atoms with E-state index < -0.39 is 0 Å². The molecule has 0 unspecified atom stereocenters. The molecule has 0 aliphatic heterocycles.